The quantitative estimate of drug-likeness (QED) is 0.639. The van der Waals surface area contributed by atoms with Crippen molar-refractivity contribution in [2.75, 3.05) is 6.54 Å². The Bertz CT molecular complexity index is 254. The molecule has 0 aliphatic heterocycles. The first-order valence-electron chi connectivity index (χ1n) is 6.15. The first-order valence-corrected chi connectivity index (χ1v) is 6.15. The number of carbonyl (C=O) groups is 2. The van der Waals surface area contributed by atoms with Crippen LogP contribution in [0.15, 0.2) is 0 Å². The highest BCUT2D eigenvalue weighted by Gasteiger charge is 2.24. The van der Waals surface area contributed by atoms with Crippen LogP contribution in [0.25, 0.3) is 0 Å². The van der Waals surface area contributed by atoms with Crippen molar-refractivity contribution in [1.29, 1.82) is 0 Å². The van der Waals surface area contributed by atoms with Crippen molar-refractivity contribution < 1.29 is 14.7 Å². The van der Waals surface area contributed by atoms with Gasteiger partial charge >= 0.3 is 12.0 Å². The smallest absolute Gasteiger partial charge is 0.326 e. The number of urea groups is 1. The Hall–Kier alpha value is -1.26. The Kier molecular flexibility index (Phi) is 7.34. The number of carbonyl (C=O) groups excluding carboxylic acids is 1. The predicted molar refractivity (Wildman–Crippen MR) is 66.9 cm³/mol. The van der Waals surface area contributed by atoms with Gasteiger partial charge in [-0.2, -0.15) is 0 Å². The highest BCUT2D eigenvalue weighted by atomic mass is 16.4. The second-order valence-corrected chi connectivity index (χ2v) is 4.78. The lowest BCUT2D eigenvalue weighted by atomic mass is 9.99. The van der Waals surface area contributed by atoms with Crippen LogP contribution in [-0.4, -0.2) is 29.7 Å². The fraction of sp³-hybridized carbons (Fsp3) is 0.833. The molecule has 0 aromatic heterocycles. The molecule has 0 spiro atoms. The van der Waals surface area contributed by atoms with Crippen molar-refractivity contribution in [2.45, 2.75) is 46.6 Å². The summed E-state index contributed by atoms with van der Waals surface area (Å²) < 4.78 is 0. The molecule has 0 bridgehead atoms. The molecule has 0 aromatic rings. The zero-order valence-electron chi connectivity index (χ0n) is 11.1. The predicted octanol–water partition coefficient (Wildman–Crippen LogP) is 1.83. The molecule has 17 heavy (non-hydrogen) atoms. The fourth-order valence-corrected chi connectivity index (χ4v) is 1.35. The van der Waals surface area contributed by atoms with Crippen LogP contribution in [-0.2, 0) is 4.79 Å². The van der Waals surface area contributed by atoms with E-state index in [0.717, 1.165) is 6.42 Å². The largest absolute Gasteiger partial charge is 0.480 e. The number of amides is 2. The Balaban J connectivity index is 4.09. The first kappa shape index (κ1) is 15.7. The van der Waals surface area contributed by atoms with E-state index in [2.05, 4.69) is 24.5 Å². The monoisotopic (exact) mass is 244 g/mol. The number of hydrogen-bond donors (Lipinski definition) is 3. The number of nitrogens with one attached hydrogen (secondary N) is 2. The van der Waals surface area contributed by atoms with Crippen molar-refractivity contribution in [3.05, 3.63) is 0 Å². The lowest BCUT2D eigenvalue weighted by Crippen LogP contribution is -2.49. The van der Waals surface area contributed by atoms with Crippen molar-refractivity contribution in [3.8, 4) is 0 Å². The van der Waals surface area contributed by atoms with Gasteiger partial charge in [0, 0.05) is 6.54 Å². The normalized spacial score (nSPS) is 14.2. The Labute approximate surface area is 103 Å². The van der Waals surface area contributed by atoms with Gasteiger partial charge in [0.2, 0.25) is 0 Å². The molecule has 0 radical (unpaired) electrons. The first-order chi connectivity index (χ1) is 7.88. The van der Waals surface area contributed by atoms with Gasteiger partial charge in [0.05, 0.1) is 0 Å². The Morgan fingerprint density at radius 3 is 2.24 bits per heavy atom. The highest BCUT2D eigenvalue weighted by Crippen LogP contribution is 2.07. The van der Waals surface area contributed by atoms with Crippen LogP contribution in [0.1, 0.15) is 40.5 Å². The third-order valence-corrected chi connectivity index (χ3v) is 2.77. The van der Waals surface area contributed by atoms with Crippen LogP contribution in [0.2, 0.25) is 0 Å². The van der Waals surface area contributed by atoms with Crippen molar-refractivity contribution in [2.24, 2.45) is 11.8 Å². The summed E-state index contributed by atoms with van der Waals surface area (Å²) in [5, 5.41) is 14.2. The van der Waals surface area contributed by atoms with Gasteiger partial charge in [-0.1, -0.05) is 34.1 Å². The van der Waals surface area contributed by atoms with Gasteiger partial charge < -0.3 is 15.7 Å². The maximum absolute atomic E-state index is 11.5. The van der Waals surface area contributed by atoms with Crippen molar-refractivity contribution in [3.63, 3.8) is 0 Å². The average molecular weight is 244 g/mol. The van der Waals surface area contributed by atoms with E-state index in [1.165, 1.54) is 0 Å². The van der Waals surface area contributed by atoms with Crippen LogP contribution in [0.5, 0.6) is 0 Å². The molecule has 3 N–H and O–H groups in total. The summed E-state index contributed by atoms with van der Waals surface area (Å²) in [5.41, 5.74) is 0. The van der Waals surface area contributed by atoms with Crippen molar-refractivity contribution in [1.82, 2.24) is 10.6 Å². The topological polar surface area (TPSA) is 78.4 Å². The van der Waals surface area contributed by atoms with E-state index < -0.39 is 18.0 Å². The van der Waals surface area contributed by atoms with Gasteiger partial charge in [0.15, 0.2) is 0 Å². The Morgan fingerprint density at radius 1 is 1.24 bits per heavy atom. The molecule has 2 atom stereocenters. The standard InChI is InChI=1S/C12H24N2O3/c1-5-9(4)10(11(15)16)14-12(17)13-7-6-8(2)3/h8-10H,5-7H2,1-4H3,(H,15,16)(H2,13,14,17)/t9-,10+/m1/s1. The minimum absolute atomic E-state index is 0.0802. The summed E-state index contributed by atoms with van der Waals surface area (Å²) in [5.74, 6) is -0.554. The summed E-state index contributed by atoms with van der Waals surface area (Å²) in [6, 6.07) is -1.22. The van der Waals surface area contributed by atoms with E-state index in [9.17, 15) is 9.59 Å². The second-order valence-electron chi connectivity index (χ2n) is 4.78. The SMILES string of the molecule is CC[C@@H](C)[C@H](NC(=O)NCCC(C)C)C(=O)O. The number of carboxylic acids is 1. The lowest BCUT2D eigenvalue weighted by molar-refractivity contribution is -0.140. The number of carboxylic acid groups (broad SMARTS) is 1. The van der Waals surface area contributed by atoms with Crippen LogP contribution in [0.3, 0.4) is 0 Å². The summed E-state index contributed by atoms with van der Waals surface area (Å²) in [6.45, 7) is 8.42. The van der Waals surface area contributed by atoms with Gasteiger partial charge in [-0.3, -0.25) is 0 Å². The molecule has 0 saturated heterocycles. The van der Waals surface area contributed by atoms with Gasteiger partial charge in [-0.25, -0.2) is 9.59 Å². The molecule has 5 nitrogen and oxygen atoms in total. The zero-order chi connectivity index (χ0) is 13.4. The fourth-order valence-electron chi connectivity index (χ4n) is 1.35. The molecule has 0 aliphatic carbocycles. The molecule has 0 saturated carbocycles. The summed E-state index contributed by atoms with van der Waals surface area (Å²) in [6.07, 6.45) is 1.59. The third kappa shape index (κ3) is 6.81. The number of aliphatic carboxylic acids is 1. The minimum atomic E-state index is -0.988. The van der Waals surface area contributed by atoms with Gasteiger partial charge in [0.1, 0.15) is 6.04 Å². The van der Waals surface area contributed by atoms with Gasteiger partial charge in [-0.15, -0.1) is 0 Å². The van der Waals surface area contributed by atoms with E-state index >= 15 is 0 Å². The molecule has 0 aromatic carbocycles. The van der Waals surface area contributed by atoms with Crippen LogP contribution >= 0.6 is 0 Å². The second kappa shape index (κ2) is 7.92. The van der Waals surface area contributed by atoms with Crippen LogP contribution in [0.4, 0.5) is 4.79 Å². The molecular weight excluding hydrogens is 220 g/mol. The lowest BCUT2D eigenvalue weighted by Gasteiger charge is -2.20. The zero-order valence-corrected chi connectivity index (χ0v) is 11.1. The Morgan fingerprint density at radius 2 is 1.82 bits per heavy atom. The van der Waals surface area contributed by atoms with Gasteiger partial charge in [0.25, 0.3) is 0 Å². The molecule has 5 heteroatoms. The number of hydrogen-bond acceptors (Lipinski definition) is 2. The van der Waals surface area contributed by atoms with E-state index in [1.807, 2.05) is 13.8 Å². The summed E-state index contributed by atoms with van der Waals surface area (Å²) in [7, 11) is 0. The van der Waals surface area contributed by atoms with Crippen LogP contribution in [0, 0.1) is 11.8 Å². The van der Waals surface area contributed by atoms with E-state index in [4.69, 9.17) is 5.11 Å². The molecule has 100 valence electrons. The maximum Gasteiger partial charge on any atom is 0.326 e. The summed E-state index contributed by atoms with van der Waals surface area (Å²) in [4.78, 5) is 22.4. The maximum atomic E-state index is 11.5. The van der Waals surface area contributed by atoms with Crippen LogP contribution < -0.4 is 10.6 Å². The molecule has 2 amide bonds. The average Bonchev–Trinajstić information content (AvgIpc) is 2.24. The minimum Gasteiger partial charge on any atom is -0.480 e. The van der Waals surface area contributed by atoms with Crippen molar-refractivity contribution >= 4 is 12.0 Å². The molecule has 0 heterocycles. The highest BCUT2D eigenvalue weighted by molar-refractivity contribution is 5.82. The third-order valence-electron chi connectivity index (χ3n) is 2.77. The van der Waals surface area contributed by atoms with E-state index in [-0.39, 0.29) is 5.92 Å². The number of rotatable bonds is 7. The molecule has 0 aliphatic rings. The molecular formula is C12H24N2O3. The summed E-state index contributed by atoms with van der Waals surface area (Å²) >= 11 is 0. The van der Waals surface area contributed by atoms with E-state index in [0.29, 0.717) is 18.9 Å². The molecule has 0 fully saturated rings. The molecule has 0 unspecified atom stereocenters. The van der Waals surface area contributed by atoms with Gasteiger partial charge in [-0.05, 0) is 18.3 Å². The van der Waals surface area contributed by atoms with E-state index in [1.54, 1.807) is 0 Å². The molecule has 0 rings (SSSR count).